The van der Waals surface area contributed by atoms with Crippen LogP contribution in [-0.2, 0) is 16.1 Å². The molecule has 1 N–H and O–H groups in total. The molecule has 0 fully saturated rings. The molecule has 1 aromatic heterocycles. The molecular weight excluding hydrogens is 365 g/mol. The number of hydrogen-bond acceptors (Lipinski definition) is 4. The smallest absolute Gasteiger partial charge is 0.341 e. The molecule has 0 radical (unpaired) electrons. The first kappa shape index (κ1) is 19.7. The Labute approximate surface area is 153 Å². The molecule has 0 spiro atoms. The summed E-state index contributed by atoms with van der Waals surface area (Å²) in [6, 6.07) is 5.27. The van der Waals surface area contributed by atoms with Gasteiger partial charge < -0.3 is 14.4 Å². The summed E-state index contributed by atoms with van der Waals surface area (Å²) in [5, 5.41) is 9.11. The molecule has 1 heterocycles. The molecule has 1 aromatic carbocycles. The van der Waals surface area contributed by atoms with Crippen molar-refractivity contribution in [3.63, 3.8) is 0 Å². The third-order valence-electron chi connectivity index (χ3n) is 3.30. The van der Waals surface area contributed by atoms with Gasteiger partial charge in [-0.3, -0.25) is 9.59 Å². The van der Waals surface area contributed by atoms with Gasteiger partial charge in [-0.05, 0) is 32.9 Å². The Hall–Kier alpha value is -2.67. The number of esters is 1. The predicted molar refractivity (Wildman–Crippen MR) is 93.9 cm³/mol. The topological polar surface area (TPSA) is 85.6 Å². The van der Waals surface area contributed by atoms with Gasteiger partial charge in [-0.2, -0.15) is 0 Å². The van der Waals surface area contributed by atoms with Crippen LogP contribution in [0.1, 0.15) is 31.1 Å². The Morgan fingerprint density at radius 2 is 1.96 bits per heavy atom. The van der Waals surface area contributed by atoms with Gasteiger partial charge in [0.25, 0.3) is 5.56 Å². The number of carboxylic acids is 1. The maximum atomic E-state index is 14.3. The largest absolute Gasteiger partial charge is 0.477 e. The summed E-state index contributed by atoms with van der Waals surface area (Å²) in [4.78, 5) is 35.7. The van der Waals surface area contributed by atoms with Gasteiger partial charge in [0.1, 0.15) is 23.5 Å². The van der Waals surface area contributed by atoms with Gasteiger partial charge in [-0.25, -0.2) is 9.18 Å². The summed E-state index contributed by atoms with van der Waals surface area (Å²) in [5.74, 6) is -2.97. The molecule has 0 aliphatic rings. The zero-order chi connectivity index (χ0) is 19.6. The normalized spacial score (nSPS) is 11.3. The second-order valence-corrected chi connectivity index (χ2v) is 6.98. The van der Waals surface area contributed by atoms with Crippen LogP contribution in [0.3, 0.4) is 0 Å². The van der Waals surface area contributed by atoms with Crippen LogP contribution in [0.2, 0.25) is 5.02 Å². The number of pyridine rings is 1. The predicted octanol–water partition coefficient (Wildman–Crippen LogP) is 3.35. The summed E-state index contributed by atoms with van der Waals surface area (Å²) < 4.78 is 20.3. The highest BCUT2D eigenvalue weighted by atomic mass is 35.5. The molecule has 8 heteroatoms. The molecule has 6 nitrogen and oxygen atoms in total. The number of halogens is 2. The van der Waals surface area contributed by atoms with Crippen LogP contribution in [-0.4, -0.2) is 27.2 Å². The monoisotopic (exact) mass is 381 g/mol. The van der Waals surface area contributed by atoms with E-state index in [1.165, 1.54) is 24.4 Å². The van der Waals surface area contributed by atoms with E-state index < -0.39 is 41.0 Å². The lowest BCUT2D eigenvalue weighted by Crippen LogP contribution is -2.32. The van der Waals surface area contributed by atoms with E-state index in [2.05, 4.69) is 0 Å². The first-order chi connectivity index (χ1) is 12.0. The summed E-state index contributed by atoms with van der Waals surface area (Å²) in [5.41, 5.74) is -2.14. The van der Waals surface area contributed by atoms with Crippen molar-refractivity contribution in [1.29, 1.82) is 0 Å². The van der Waals surface area contributed by atoms with Crippen LogP contribution in [0.5, 0.6) is 0 Å². The third-order valence-corrected chi connectivity index (χ3v) is 3.59. The van der Waals surface area contributed by atoms with E-state index in [4.69, 9.17) is 16.3 Å². The van der Waals surface area contributed by atoms with Crippen LogP contribution in [0, 0.1) is 5.82 Å². The van der Waals surface area contributed by atoms with Crippen LogP contribution in [0.25, 0.3) is 11.1 Å². The van der Waals surface area contributed by atoms with Crippen molar-refractivity contribution in [2.24, 2.45) is 0 Å². The minimum atomic E-state index is -1.49. The van der Waals surface area contributed by atoms with Gasteiger partial charge in [-0.15, -0.1) is 0 Å². The number of ether oxygens (including phenoxy) is 1. The van der Waals surface area contributed by atoms with E-state index in [1.54, 1.807) is 20.8 Å². The molecule has 0 saturated heterocycles. The average Bonchev–Trinajstić information content (AvgIpc) is 2.50. The van der Waals surface area contributed by atoms with Crippen molar-refractivity contribution >= 4 is 23.5 Å². The number of aromatic carboxylic acids is 1. The standard InChI is InChI=1S/C18H17ClFNO5/c1-18(2,3)26-14(22)9-21-8-10(7-12(16(21)23)17(24)25)11-5-4-6-13(19)15(11)20/h4-8H,9H2,1-3H3,(H,24,25). The second-order valence-electron chi connectivity index (χ2n) is 6.57. The number of carbonyl (C=O) groups is 2. The van der Waals surface area contributed by atoms with E-state index >= 15 is 0 Å². The molecule has 0 aliphatic carbocycles. The molecule has 0 atom stereocenters. The van der Waals surface area contributed by atoms with Crippen molar-refractivity contribution < 1.29 is 23.8 Å². The number of carbonyl (C=O) groups excluding carboxylic acids is 1. The molecule has 0 aliphatic heterocycles. The zero-order valence-corrected chi connectivity index (χ0v) is 15.1. The van der Waals surface area contributed by atoms with Gasteiger partial charge in [-0.1, -0.05) is 23.7 Å². The van der Waals surface area contributed by atoms with E-state index in [0.717, 1.165) is 10.6 Å². The van der Waals surface area contributed by atoms with Crippen LogP contribution in [0.15, 0.2) is 35.3 Å². The zero-order valence-electron chi connectivity index (χ0n) is 14.4. The quantitative estimate of drug-likeness (QED) is 0.821. The van der Waals surface area contributed by atoms with Crippen molar-refractivity contribution in [2.75, 3.05) is 0 Å². The average molecular weight is 382 g/mol. The first-order valence-electron chi connectivity index (χ1n) is 7.63. The molecular formula is C18H17ClFNO5. The van der Waals surface area contributed by atoms with E-state index in [0.29, 0.717) is 0 Å². The lowest BCUT2D eigenvalue weighted by atomic mass is 10.0. The lowest BCUT2D eigenvalue weighted by Gasteiger charge is -2.20. The summed E-state index contributed by atoms with van der Waals surface area (Å²) in [7, 11) is 0. The van der Waals surface area contributed by atoms with Crippen molar-refractivity contribution in [3.8, 4) is 11.1 Å². The molecule has 2 aromatic rings. The molecule has 138 valence electrons. The van der Waals surface area contributed by atoms with E-state index in [1.807, 2.05) is 0 Å². The van der Waals surface area contributed by atoms with Gasteiger partial charge in [0.05, 0.1) is 5.02 Å². The summed E-state index contributed by atoms with van der Waals surface area (Å²) in [6.45, 7) is 4.47. The van der Waals surface area contributed by atoms with Gasteiger partial charge in [0.2, 0.25) is 0 Å². The van der Waals surface area contributed by atoms with Crippen LogP contribution < -0.4 is 5.56 Å². The molecule has 0 bridgehead atoms. The molecule has 0 saturated carbocycles. The number of carboxylic acid groups (broad SMARTS) is 1. The van der Waals surface area contributed by atoms with Gasteiger partial charge >= 0.3 is 11.9 Å². The van der Waals surface area contributed by atoms with E-state index in [-0.39, 0.29) is 16.1 Å². The van der Waals surface area contributed by atoms with Crippen LogP contribution >= 0.6 is 11.6 Å². The highest BCUT2D eigenvalue weighted by molar-refractivity contribution is 6.31. The van der Waals surface area contributed by atoms with Gasteiger partial charge in [0, 0.05) is 17.3 Å². The number of hydrogen-bond donors (Lipinski definition) is 1. The molecule has 0 amide bonds. The van der Waals surface area contributed by atoms with Gasteiger partial charge in [0.15, 0.2) is 0 Å². The minimum Gasteiger partial charge on any atom is -0.477 e. The fraction of sp³-hybridized carbons (Fsp3) is 0.278. The molecule has 0 unspecified atom stereocenters. The highest BCUT2D eigenvalue weighted by Crippen LogP contribution is 2.27. The summed E-state index contributed by atoms with van der Waals surface area (Å²) in [6.07, 6.45) is 1.20. The maximum Gasteiger partial charge on any atom is 0.341 e. The second kappa shape index (κ2) is 7.29. The molecule has 2 rings (SSSR count). The highest BCUT2D eigenvalue weighted by Gasteiger charge is 2.21. The number of benzene rings is 1. The summed E-state index contributed by atoms with van der Waals surface area (Å²) >= 11 is 5.76. The maximum absolute atomic E-state index is 14.3. The fourth-order valence-corrected chi connectivity index (χ4v) is 2.47. The first-order valence-corrected chi connectivity index (χ1v) is 8.01. The van der Waals surface area contributed by atoms with Crippen LogP contribution in [0.4, 0.5) is 4.39 Å². The Morgan fingerprint density at radius 1 is 1.31 bits per heavy atom. The third kappa shape index (κ3) is 4.49. The lowest BCUT2D eigenvalue weighted by molar-refractivity contribution is -0.155. The van der Waals surface area contributed by atoms with Crippen molar-refractivity contribution in [3.05, 3.63) is 57.2 Å². The fourth-order valence-electron chi connectivity index (χ4n) is 2.29. The number of aromatic nitrogens is 1. The Morgan fingerprint density at radius 3 is 2.54 bits per heavy atom. The number of nitrogens with zero attached hydrogens (tertiary/aromatic N) is 1. The Balaban J connectivity index is 2.57. The number of rotatable bonds is 4. The minimum absolute atomic E-state index is 0.0120. The Kier molecular flexibility index (Phi) is 5.51. The van der Waals surface area contributed by atoms with Crippen molar-refractivity contribution in [1.82, 2.24) is 4.57 Å². The van der Waals surface area contributed by atoms with E-state index in [9.17, 15) is 23.9 Å². The molecule has 26 heavy (non-hydrogen) atoms. The Bertz CT molecular complexity index is 930. The van der Waals surface area contributed by atoms with Crippen molar-refractivity contribution in [2.45, 2.75) is 32.9 Å². The SMILES string of the molecule is CC(C)(C)OC(=O)Cn1cc(-c2cccc(Cl)c2F)cc(C(=O)O)c1=O.